The fraction of sp³-hybridized carbons (Fsp3) is 0.640. The number of nitrogens with one attached hydrogen (secondary N) is 1. The molecular weight excluding hydrogens is 424 g/mol. The Morgan fingerprint density at radius 3 is 2.67 bits per heavy atom. The normalized spacial score (nSPS) is 33.2. The molecule has 2 amide bonds. The van der Waals surface area contributed by atoms with Crippen LogP contribution in [0.2, 0.25) is 0 Å². The molecule has 3 fully saturated rings. The molecule has 180 valence electrons. The number of amides is 2. The molecule has 1 aromatic carbocycles. The van der Waals surface area contributed by atoms with Gasteiger partial charge >= 0.3 is 5.97 Å². The third-order valence-electron chi connectivity index (χ3n) is 7.80. The summed E-state index contributed by atoms with van der Waals surface area (Å²) in [7, 11) is 0. The third kappa shape index (κ3) is 3.37. The number of fused-ring (bicyclic) bond motifs is 1. The number of carbonyl (C=O) groups is 3. The molecule has 2 unspecified atom stereocenters. The standard InChI is InChI=1S/C25H34N2O6/c1-6-24-10-11-25(33-24)18(19(24)23(31)32-7-2)22(30)27(16(5)13-28)20(25)21(29)26-17-12-14(3)8-9-15(17)4/h8-9,12,16,18-20,28H,6-7,10-11,13H2,1-5H3,(H,26,29)/t16-,18+,19+,20?,24-,25?/m1/s1. The molecule has 1 aromatic rings. The quantitative estimate of drug-likeness (QED) is 0.608. The van der Waals surface area contributed by atoms with E-state index < -0.39 is 41.1 Å². The van der Waals surface area contributed by atoms with E-state index >= 15 is 0 Å². The van der Waals surface area contributed by atoms with Crippen molar-refractivity contribution >= 4 is 23.5 Å². The second-order valence-corrected chi connectivity index (χ2v) is 9.67. The molecule has 0 saturated carbocycles. The first-order valence-electron chi connectivity index (χ1n) is 11.8. The van der Waals surface area contributed by atoms with E-state index in [0.717, 1.165) is 11.1 Å². The number of likely N-dealkylation sites (tertiary alicyclic amines) is 1. The Morgan fingerprint density at radius 1 is 1.30 bits per heavy atom. The minimum atomic E-state index is -1.13. The highest BCUT2D eigenvalue weighted by atomic mass is 16.6. The van der Waals surface area contributed by atoms with Gasteiger partial charge in [-0.1, -0.05) is 19.1 Å². The van der Waals surface area contributed by atoms with E-state index in [0.29, 0.717) is 24.9 Å². The van der Waals surface area contributed by atoms with Crippen LogP contribution in [0.1, 0.15) is 51.2 Å². The Labute approximate surface area is 194 Å². The molecule has 3 aliphatic heterocycles. The number of ether oxygens (including phenoxy) is 2. The van der Waals surface area contributed by atoms with Crippen LogP contribution in [0.25, 0.3) is 0 Å². The molecule has 3 heterocycles. The highest BCUT2D eigenvalue weighted by Crippen LogP contribution is 2.64. The van der Waals surface area contributed by atoms with Gasteiger partial charge in [0.25, 0.3) is 0 Å². The lowest BCUT2D eigenvalue weighted by molar-refractivity contribution is -0.161. The SMILES string of the molecule is CCOC(=O)[C@@H]1[C@H]2C(=O)N([C@H](C)CO)C(C(=O)Nc3cc(C)ccc3C)C23CC[C@@]1(CC)O3. The van der Waals surface area contributed by atoms with E-state index in [9.17, 15) is 19.5 Å². The van der Waals surface area contributed by atoms with Gasteiger partial charge in [-0.05, 0) is 64.2 Å². The zero-order chi connectivity index (χ0) is 24.1. The fourth-order valence-electron chi connectivity index (χ4n) is 6.18. The molecule has 1 spiro atoms. The number of aryl methyl sites for hydroxylation is 2. The van der Waals surface area contributed by atoms with Crippen LogP contribution in [0, 0.1) is 25.7 Å². The molecule has 6 atom stereocenters. The molecule has 8 heteroatoms. The summed E-state index contributed by atoms with van der Waals surface area (Å²) in [6, 6.07) is 4.23. The number of esters is 1. The molecule has 3 saturated heterocycles. The second-order valence-electron chi connectivity index (χ2n) is 9.67. The number of nitrogens with zero attached hydrogens (tertiary/aromatic N) is 1. The Hall–Kier alpha value is -2.45. The lowest BCUT2D eigenvalue weighted by Crippen LogP contribution is -2.56. The van der Waals surface area contributed by atoms with Gasteiger partial charge in [-0.3, -0.25) is 14.4 Å². The number of anilines is 1. The summed E-state index contributed by atoms with van der Waals surface area (Å²) < 4.78 is 12.0. The van der Waals surface area contributed by atoms with E-state index in [-0.39, 0.29) is 25.0 Å². The highest BCUT2D eigenvalue weighted by Gasteiger charge is 2.79. The fourth-order valence-corrected chi connectivity index (χ4v) is 6.18. The van der Waals surface area contributed by atoms with Crippen molar-refractivity contribution in [2.45, 2.75) is 77.2 Å². The third-order valence-corrected chi connectivity index (χ3v) is 7.80. The van der Waals surface area contributed by atoms with Crippen molar-refractivity contribution in [1.82, 2.24) is 4.90 Å². The van der Waals surface area contributed by atoms with Gasteiger partial charge in [0.2, 0.25) is 11.8 Å². The summed E-state index contributed by atoms with van der Waals surface area (Å²) in [6.45, 7) is 9.13. The number of aliphatic hydroxyl groups is 1. The Morgan fingerprint density at radius 2 is 2.03 bits per heavy atom. The minimum Gasteiger partial charge on any atom is -0.466 e. The topological polar surface area (TPSA) is 105 Å². The van der Waals surface area contributed by atoms with E-state index in [2.05, 4.69) is 5.32 Å². The number of hydrogen-bond acceptors (Lipinski definition) is 6. The van der Waals surface area contributed by atoms with Gasteiger partial charge in [-0.25, -0.2) is 0 Å². The van der Waals surface area contributed by atoms with Crippen LogP contribution in [0.4, 0.5) is 5.69 Å². The van der Waals surface area contributed by atoms with Crippen molar-refractivity contribution < 1.29 is 29.0 Å². The van der Waals surface area contributed by atoms with Crippen molar-refractivity contribution in [1.29, 1.82) is 0 Å². The van der Waals surface area contributed by atoms with Gasteiger partial charge in [0.05, 0.1) is 30.8 Å². The first kappa shape index (κ1) is 23.7. The van der Waals surface area contributed by atoms with Crippen LogP contribution in [-0.2, 0) is 23.9 Å². The smallest absolute Gasteiger partial charge is 0.312 e. The summed E-state index contributed by atoms with van der Waals surface area (Å²) in [5, 5.41) is 12.9. The molecule has 0 radical (unpaired) electrons. The van der Waals surface area contributed by atoms with E-state index in [1.165, 1.54) is 4.90 Å². The molecular formula is C25H34N2O6. The summed E-state index contributed by atoms with van der Waals surface area (Å²) >= 11 is 0. The maximum atomic E-state index is 13.8. The highest BCUT2D eigenvalue weighted by molar-refractivity contribution is 6.03. The molecule has 2 bridgehead atoms. The average molecular weight is 459 g/mol. The van der Waals surface area contributed by atoms with Crippen molar-refractivity contribution in [3.05, 3.63) is 29.3 Å². The molecule has 33 heavy (non-hydrogen) atoms. The predicted molar refractivity (Wildman–Crippen MR) is 121 cm³/mol. The molecule has 8 nitrogen and oxygen atoms in total. The Bertz CT molecular complexity index is 980. The van der Waals surface area contributed by atoms with Crippen LogP contribution in [0.3, 0.4) is 0 Å². The van der Waals surface area contributed by atoms with Crippen molar-refractivity contribution in [3.8, 4) is 0 Å². The van der Waals surface area contributed by atoms with Crippen LogP contribution < -0.4 is 5.32 Å². The van der Waals surface area contributed by atoms with Crippen molar-refractivity contribution in [2.75, 3.05) is 18.5 Å². The van der Waals surface area contributed by atoms with Crippen LogP contribution in [-0.4, -0.2) is 64.3 Å². The van der Waals surface area contributed by atoms with Gasteiger partial charge in [0.15, 0.2) is 0 Å². The Kier molecular flexibility index (Phi) is 6.03. The number of rotatable bonds is 7. The van der Waals surface area contributed by atoms with Gasteiger partial charge in [0.1, 0.15) is 17.6 Å². The molecule has 2 N–H and O–H groups in total. The summed E-state index contributed by atoms with van der Waals surface area (Å²) in [5.74, 6) is -2.72. The van der Waals surface area contributed by atoms with Crippen LogP contribution >= 0.6 is 0 Å². The zero-order valence-electron chi connectivity index (χ0n) is 20.0. The zero-order valence-corrected chi connectivity index (χ0v) is 20.0. The largest absolute Gasteiger partial charge is 0.466 e. The van der Waals surface area contributed by atoms with Crippen molar-refractivity contribution in [2.24, 2.45) is 11.8 Å². The van der Waals surface area contributed by atoms with Crippen molar-refractivity contribution in [3.63, 3.8) is 0 Å². The maximum absolute atomic E-state index is 13.8. The molecule has 0 aromatic heterocycles. The van der Waals surface area contributed by atoms with E-state index in [1.807, 2.05) is 39.0 Å². The summed E-state index contributed by atoms with van der Waals surface area (Å²) in [6.07, 6.45) is 1.61. The molecule has 4 rings (SSSR count). The molecule has 0 aliphatic carbocycles. The van der Waals surface area contributed by atoms with Gasteiger partial charge in [-0.15, -0.1) is 0 Å². The molecule has 3 aliphatic rings. The van der Waals surface area contributed by atoms with Crippen LogP contribution in [0.15, 0.2) is 18.2 Å². The van der Waals surface area contributed by atoms with Crippen LogP contribution in [0.5, 0.6) is 0 Å². The average Bonchev–Trinajstić information content (AvgIpc) is 3.39. The number of benzene rings is 1. The maximum Gasteiger partial charge on any atom is 0.312 e. The lowest BCUT2D eigenvalue weighted by Gasteiger charge is -2.36. The summed E-state index contributed by atoms with van der Waals surface area (Å²) in [5.41, 5.74) is 0.624. The Balaban J connectivity index is 1.79. The van der Waals surface area contributed by atoms with Gasteiger partial charge < -0.3 is 24.8 Å². The lowest BCUT2D eigenvalue weighted by atomic mass is 9.65. The monoisotopic (exact) mass is 458 g/mol. The second kappa shape index (κ2) is 8.40. The van der Waals surface area contributed by atoms with Gasteiger partial charge in [-0.2, -0.15) is 0 Å². The predicted octanol–water partition coefficient (Wildman–Crippen LogP) is 2.34. The number of hydrogen-bond donors (Lipinski definition) is 2. The summed E-state index contributed by atoms with van der Waals surface area (Å²) in [4.78, 5) is 42.1. The first-order chi connectivity index (χ1) is 15.7. The van der Waals surface area contributed by atoms with E-state index in [1.54, 1.807) is 13.8 Å². The minimum absolute atomic E-state index is 0.205. The van der Waals surface area contributed by atoms with E-state index in [4.69, 9.17) is 9.47 Å². The van der Waals surface area contributed by atoms with Gasteiger partial charge in [0, 0.05) is 5.69 Å². The number of aliphatic hydroxyl groups excluding tert-OH is 1. The first-order valence-corrected chi connectivity index (χ1v) is 11.8. The number of carbonyl (C=O) groups excluding carboxylic acids is 3.